The minimum Gasteiger partial charge on any atom is -0.465 e. The molecule has 3 aromatic carbocycles. The Balaban J connectivity index is 1.46. The quantitative estimate of drug-likeness (QED) is 0.348. The third kappa shape index (κ3) is 6.21. The number of hydrogen-bond acceptors (Lipinski definition) is 6. The number of benzene rings is 3. The molecule has 3 unspecified atom stereocenters. The van der Waals surface area contributed by atoms with Crippen molar-refractivity contribution < 1.29 is 29.2 Å². The predicted molar refractivity (Wildman–Crippen MR) is 145 cm³/mol. The molecule has 2 fully saturated rings. The second-order valence-corrected chi connectivity index (χ2v) is 10.1. The Morgan fingerprint density at radius 1 is 0.711 bits per heavy atom. The van der Waals surface area contributed by atoms with Gasteiger partial charge in [-0.2, -0.15) is 0 Å². The van der Waals surface area contributed by atoms with Crippen molar-refractivity contribution in [1.82, 2.24) is 0 Å². The van der Waals surface area contributed by atoms with Gasteiger partial charge in [0.2, 0.25) is 0 Å². The topological polar surface area (TPSA) is 77.4 Å². The van der Waals surface area contributed by atoms with Crippen molar-refractivity contribution >= 4 is 0 Å². The summed E-state index contributed by atoms with van der Waals surface area (Å²) in [6.07, 6.45) is 5.98. The molecule has 0 amide bonds. The first-order valence-electron chi connectivity index (χ1n) is 13.8. The van der Waals surface area contributed by atoms with E-state index < -0.39 is 5.60 Å². The lowest BCUT2D eigenvalue weighted by Crippen LogP contribution is -2.35. The van der Waals surface area contributed by atoms with Gasteiger partial charge >= 0.3 is 0 Å². The highest BCUT2D eigenvalue weighted by molar-refractivity contribution is 5.45. The Morgan fingerprint density at radius 2 is 1.21 bits per heavy atom. The smallest absolute Gasteiger partial charge is 0.199 e. The summed E-state index contributed by atoms with van der Waals surface area (Å²) in [6.45, 7) is 1.38. The molecule has 2 N–H and O–H groups in total. The van der Waals surface area contributed by atoms with Crippen molar-refractivity contribution in [3.05, 3.63) is 95.6 Å². The maximum atomic E-state index is 12.6. The highest BCUT2D eigenvalue weighted by Gasteiger charge is 2.41. The minimum absolute atomic E-state index is 0.0533. The van der Waals surface area contributed by atoms with Crippen LogP contribution in [0.15, 0.2) is 78.9 Å². The molecule has 2 heterocycles. The Morgan fingerprint density at radius 3 is 1.63 bits per heavy atom. The van der Waals surface area contributed by atoms with Crippen LogP contribution in [0.5, 0.6) is 11.5 Å². The lowest BCUT2D eigenvalue weighted by molar-refractivity contribution is -0.106. The van der Waals surface area contributed by atoms with E-state index in [1.807, 2.05) is 78.9 Å². The Bertz CT molecular complexity index is 1040. The maximum absolute atomic E-state index is 12.6. The van der Waals surface area contributed by atoms with E-state index in [9.17, 15) is 10.2 Å². The zero-order valence-electron chi connectivity index (χ0n) is 21.8. The van der Waals surface area contributed by atoms with Crippen LogP contribution >= 0.6 is 0 Å². The van der Waals surface area contributed by atoms with Crippen LogP contribution < -0.4 is 9.47 Å². The van der Waals surface area contributed by atoms with Crippen LogP contribution in [0, 0.1) is 0 Å². The molecule has 0 saturated carbocycles. The normalized spacial score (nSPS) is 22.3. The molecule has 3 aromatic rings. The summed E-state index contributed by atoms with van der Waals surface area (Å²) in [5.74, 6) is 1.03. The molecular formula is C32H38O6. The fraction of sp³-hybridized carbons (Fsp3) is 0.438. The number of aliphatic hydroxyl groups excluding tert-OH is 1. The van der Waals surface area contributed by atoms with Gasteiger partial charge in [-0.1, -0.05) is 54.6 Å². The van der Waals surface area contributed by atoms with Crippen molar-refractivity contribution in [3.8, 4) is 11.5 Å². The van der Waals surface area contributed by atoms with Crippen LogP contribution in [-0.2, 0) is 15.1 Å². The zero-order chi connectivity index (χ0) is 26.2. The van der Waals surface area contributed by atoms with Gasteiger partial charge in [0.25, 0.3) is 0 Å². The Kier molecular flexibility index (Phi) is 8.97. The molecule has 6 nitrogen and oxygen atoms in total. The van der Waals surface area contributed by atoms with E-state index in [1.165, 1.54) is 0 Å². The molecular weight excluding hydrogens is 480 g/mol. The van der Waals surface area contributed by atoms with Crippen molar-refractivity contribution in [2.75, 3.05) is 19.8 Å². The van der Waals surface area contributed by atoms with Gasteiger partial charge in [0, 0.05) is 25.4 Å². The molecule has 0 bridgehead atoms. The fourth-order valence-corrected chi connectivity index (χ4v) is 5.49. The van der Waals surface area contributed by atoms with E-state index in [2.05, 4.69) is 0 Å². The van der Waals surface area contributed by atoms with E-state index in [4.69, 9.17) is 18.9 Å². The first-order chi connectivity index (χ1) is 18.7. The summed E-state index contributed by atoms with van der Waals surface area (Å²) in [5.41, 5.74) is 1.00. The van der Waals surface area contributed by atoms with Crippen molar-refractivity contribution in [1.29, 1.82) is 0 Å². The number of rotatable bonds is 10. The first kappa shape index (κ1) is 26.7. The molecule has 38 heavy (non-hydrogen) atoms. The van der Waals surface area contributed by atoms with Gasteiger partial charge in [-0.3, -0.25) is 0 Å². The molecule has 202 valence electrons. The third-order valence-corrected chi connectivity index (χ3v) is 7.52. The molecule has 5 rings (SSSR count). The van der Waals surface area contributed by atoms with Gasteiger partial charge in [0.05, 0.1) is 13.2 Å². The summed E-state index contributed by atoms with van der Waals surface area (Å²) in [4.78, 5) is 0. The average molecular weight is 519 g/mol. The predicted octanol–water partition coefficient (Wildman–Crippen LogP) is 5.90. The van der Waals surface area contributed by atoms with Crippen molar-refractivity contribution in [3.63, 3.8) is 0 Å². The van der Waals surface area contributed by atoms with Gasteiger partial charge in [-0.05, 0) is 73.1 Å². The highest BCUT2D eigenvalue weighted by atomic mass is 16.7. The second-order valence-electron chi connectivity index (χ2n) is 10.1. The van der Waals surface area contributed by atoms with E-state index >= 15 is 0 Å². The fourth-order valence-electron chi connectivity index (χ4n) is 5.49. The van der Waals surface area contributed by atoms with Crippen molar-refractivity contribution in [2.45, 2.75) is 69.0 Å². The van der Waals surface area contributed by atoms with E-state index in [0.29, 0.717) is 17.9 Å². The van der Waals surface area contributed by atoms with Crippen LogP contribution in [0.1, 0.15) is 67.6 Å². The van der Waals surface area contributed by atoms with Crippen LogP contribution in [-0.4, -0.2) is 42.6 Å². The Hall–Kier alpha value is -2.90. The van der Waals surface area contributed by atoms with Gasteiger partial charge in [0.15, 0.2) is 12.6 Å². The number of aliphatic hydroxyl groups is 2. The van der Waals surface area contributed by atoms with E-state index in [-0.39, 0.29) is 25.1 Å². The molecule has 0 aromatic heterocycles. The van der Waals surface area contributed by atoms with Crippen LogP contribution in [0.2, 0.25) is 0 Å². The van der Waals surface area contributed by atoms with Crippen LogP contribution in [0.4, 0.5) is 0 Å². The summed E-state index contributed by atoms with van der Waals surface area (Å²) < 4.78 is 23.5. The molecule has 0 spiro atoms. The number of ether oxygens (including phenoxy) is 4. The number of hydrogen-bond donors (Lipinski definition) is 2. The molecule has 3 atom stereocenters. The maximum Gasteiger partial charge on any atom is 0.199 e. The Labute approximate surface area is 225 Å². The molecule has 0 aliphatic carbocycles. The van der Waals surface area contributed by atoms with E-state index in [1.54, 1.807) is 0 Å². The van der Waals surface area contributed by atoms with Crippen LogP contribution in [0.25, 0.3) is 0 Å². The first-order valence-corrected chi connectivity index (χ1v) is 13.8. The van der Waals surface area contributed by atoms with Gasteiger partial charge < -0.3 is 29.2 Å². The summed E-state index contributed by atoms with van der Waals surface area (Å²) in [7, 11) is 0. The molecule has 2 aliphatic heterocycles. The zero-order valence-corrected chi connectivity index (χ0v) is 21.8. The van der Waals surface area contributed by atoms with Gasteiger partial charge in [0.1, 0.15) is 17.1 Å². The lowest BCUT2D eigenvalue weighted by atomic mass is 9.71. The molecule has 2 saturated heterocycles. The van der Waals surface area contributed by atoms with Gasteiger partial charge in [-0.25, -0.2) is 0 Å². The highest BCUT2D eigenvalue weighted by Crippen LogP contribution is 2.45. The second kappa shape index (κ2) is 12.8. The third-order valence-electron chi connectivity index (χ3n) is 7.52. The summed E-state index contributed by atoms with van der Waals surface area (Å²) >= 11 is 0. The van der Waals surface area contributed by atoms with Gasteiger partial charge in [-0.15, -0.1) is 0 Å². The molecule has 6 heteroatoms. The molecule has 2 aliphatic rings. The van der Waals surface area contributed by atoms with Crippen molar-refractivity contribution in [2.24, 2.45) is 0 Å². The standard InChI is InChI=1S/C32H38O6/c33-21-20-29(24-8-2-1-3-9-24)32(34,25-12-16-27(17-13-25)37-30-10-4-6-22-35-30)26-14-18-28(19-15-26)38-31-11-5-7-23-36-31/h1-3,8-9,12-19,29-31,33-34H,4-7,10-11,20-23H2. The minimum atomic E-state index is -1.40. The lowest BCUT2D eigenvalue weighted by Gasteiger charge is -2.38. The van der Waals surface area contributed by atoms with E-state index in [0.717, 1.165) is 68.4 Å². The monoisotopic (exact) mass is 518 g/mol. The molecule has 0 radical (unpaired) electrons. The van der Waals surface area contributed by atoms with Crippen LogP contribution in [0.3, 0.4) is 0 Å². The summed E-state index contributed by atoms with van der Waals surface area (Å²) in [6, 6.07) is 25.1. The largest absolute Gasteiger partial charge is 0.465 e. The average Bonchev–Trinajstić information content (AvgIpc) is 2.98. The SMILES string of the molecule is OCCC(c1ccccc1)C(O)(c1ccc(OC2CCCCO2)cc1)c1ccc(OC2CCCCO2)cc1. The summed E-state index contributed by atoms with van der Waals surface area (Å²) in [5, 5.41) is 22.6.